The highest BCUT2D eigenvalue weighted by Gasteiger charge is 2.22. The summed E-state index contributed by atoms with van der Waals surface area (Å²) in [6.45, 7) is 14.0. The molecule has 0 bridgehead atoms. The van der Waals surface area contributed by atoms with E-state index < -0.39 is 0 Å². The second kappa shape index (κ2) is 5.58. The molecule has 0 fully saturated rings. The number of nitrogens with zero attached hydrogens (tertiary/aromatic N) is 1. The maximum Gasteiger partial charge on any atom is 0.0150 e. The molecule has 0 unspecified atom stereocenters. The Bertz CT molecular complexity index is 102. The summed E-state index contributed by atoms with van der Waals surface area (Å²) in [7, 11) is 0. The molecule has 0 aromatic heterocycles. The summed E-state index contributed by atoms with van der Waals surface area (Å²) < 4.78 is 0. The van der Waals surface area contributed by atoms with Crippen LogP contribution in [0, 0.1) is 0 Å². The Kier molecular flexibility index (Phi) is 5.56. The first-order valence-corrected chi connectivity index (χ1v) is 5.33. The number of rotatable bonds is 6. The highest BCUT2D eigenvalue weighted by atomic mass is 15.2. The monoisotopic (exact) mass is 171 g/mol. The molecular formula is C11H25N. The van der Waals surface area contributed by atoms with Gasteiger partial charge in [-0.15, -0.1) is 0 Å². The van der Waals surface area contributed by atoms with Crippen LogP contribution in [0.15, 0.2) is 0 Å². The SMILES string of the molecule is CCCN(CCC)C(C)(C)CC. The van der Waals surface area contributed by atoms with Crippen molar-refractivity contribution in [3.05, 3.63) is 0 Å². The minimum atomic E-state index is 0.395. The fourth-order valence-electron chi connectivity index (χ4n) is 1.48. The van der Waals surface area contributed by atoms with Crippen LogP contribution in [-0.2, 0) is 0 Å². The van der Waals surface area contributed by atoms with Gasteiger partial charge in [0.1, 0.15) is 0 Å². The molecule has 1 nitrogen and oxygen atoms in total. The average Bonchev–Trinajstić information content (AvgIpc) is 2.04. The largest absolute Gasteiger partial charge is 0.298 e. The van der Waals surface area contributed by atoms with Gasteiger partial charge in [0.15, 0.2) is 0 Å². The Hall–Kier alpha value is -0.0400. The third-order valence-electron chi connectivity index (χ3n) is 2.71. The van der Waals surface area contributed by atoms with Gasteiger partial charge in [0.2, 0.25) is 0 Å². The van der Waals surface area contributed by atoms with Crippen LogP contribution in [0.1, 0.15) is 53.9 Å². The van der Waals surface area contributed by atoms with Gasteiger partial charge >= 0.3 is 0 Å². The molecule has 0 radical (unpaired) electrons. The van der Waals surface area contributed by atoms with E-state index >= 15 is 0 Å². The molecule has 1 heteroatoms. The van der Waals surface area contributed by atoms with E-state index in [-0.39, 0.29) is 0 Å². The summed E-state index contributed by atoms with van der Waals surface area (Å²) in [5.74, 6) is 0. The van der Waals surface area contributed by atoms with E-state index in [2.05, 4.69) is 39.5 Å². The van der Waals surface area contributed by atoms with E-state index in [0.717, 1.165) is 0 Å². The molecule has 0 N–H and O–H groups in total. The Labute approximate surface area is 78.1 Å². The van der Waals surface area contributed by atoms with E-state index in [9.17, 15) is 0 Å². The summed E-state index contributed by atoms with van der Waals surface area (Å²) in [4.78, 5) is 2.60. The lowest BCUT2D eigenvalue weighted by Gasteiger charge is -2.37. The Morgan fingerprint density at radius 3 is 1.58 bits per heavy atom. The molecule has 0 atom stereocenters. The van der Waals surface area contributed by atoms with E-state index in [4.69, 9.17) is 0 Å². The van der Waals surface area contributed by atoms with Crippen LogP contribution >= 0.6 is 0 Å². The summed E-state index contributed by atoms with van der Waals surface area (Å²) in [5.41, 5.74) is 0.395. The standard InChI is InChI=1S/C11H25N/c1-6-9-12(10-7-2)11(4,5)8-3/h6-10H2,1-5H3. The molecule has 0 amide bonds. The fraction of sp³-hybridized carbons (Fsp3) is 1.00. The molecule has 0 rings (SSSR count). The van der Waals surface area contributed by atoms with E-state index in [0.29, 0.717) is 5.54 Å². The highest BCUT2D eigenvalue weighted by molar-refractivity contribution is 4.79. The molecule has 0 saturated heterocycles. The van der Waals surface area contributed by atoms with Gasteiger partial charge in [-0.25, -0.2) is 0 Å². The lowest BCUT2D eigenvalue weighted by atomic mass is 9.98. The fourth-order valence-corrected chi connectivity index (χ4v) is 1.48. The van der Waals surface area contributed by atoms with E-state index in [1.807, 2.05) is 0 Å². The zero-order valence-corrected chi connectivity index (χ0v) is 9.48. The summed E-state index contributed by atoms with van der Waals surface area (Å²) >= 11 is 0. The van der Waals surface area contributed by atoms with Crippen LogP contribution in [-0.4, -0.2) is 23.5 Å². The maximum atomic E-state index is 2.60. The van der Waals surface area contributed by atoms with Crippen LogP contribution in [0.25, 0.3) is 0 Å². The molecule has 74 valence electrons. The maximum absolute atomic E-state index is 2.60. The molecular weight excluding hydrogens is 146 g/mol. The first kappa shape index (κ1) is 12.0. The predicted octanol–water partition coefficient (Wildman–Crippen LogP) is 3.30. The van der Waals surface area contributed by atoms with Crippen molar-refractivity contribution < 1.29 is 0 Å². The van der Waals surface area contributed by atoms with Crippen LogP contribution in [0.2, 0.25) is 0 Å². The summed E-state index contributed by atoms with van der Waals surface area (Å²) in [6.07, 6.45) is 3.78. The Morgan fingerprint density at radius 2 is 1.33 bits per heavy atom. The smallest absolute Gasteiger partial charge is 0.0150 e. The lowest BCUT2D eigenvalue weighted by Crippen LogP contribution is -2.44. The van der Waals surface area contributed by atoms with Gasteiger partial charge in [-0.1, -0.05) is 20.8 Å². The molecule has 0 aliphatic heterocycles. The van der Waals surface area contributed by atoms with Crippen molar-refractivity contribution in [1.82, 2.24) is 4.90 Å². The molecule has 0 saturated carbocycles. The van der Waals surface area contributed by atoms with Crippen LogP contribution in [0.4, 0.5) is 0 Å². The molecule has 0 aliphatic carbocycles. The minimum absolute atomic E-state index is 0.395. The first-order valence-electron chi connectivity index (χ1n) is 5.33. The van der Waals surface area contributed by atoms with E-state index in [1.54, 1.807) is 0 Å². The Balaban J connectivity index is 4.07. The van der Waals surface area contributed by atoms with Gasteiger partial charge in [-0.05, 0) is 46.2 Å². The van der Waals surface area contributed by atoms with E-state index in [1.165, 1.54) is 32.4 Å². The van der Waals surface area contributed by atoms with Gasteiger partial charge in [-0.3, -0.25) is 4.90 Å². The van der Waals surface area contributed by atoms with Gasteiger partial charge in [0, 0.05) is 5.54 Å². The second-order valence-corrected chi connectivity index (χ2v) is 4.15. The molecule has 0 aromatic rings. The number of hydrogen-bond acceptors (Lipinski definition) is 1. The van der Waals surface area contributed by atoms with Gasteiger partial charge in [0.05, 0.1) is 0 Å². The third-order valence-corrected chi connectivity index (χ3v) is 2.71. The number of hydrogen-bond donors (Lipinski definition) is 0. The summed E-state index contributed by atoms with van der Waals surface area (Å²) in [6, 6.07) is 0. The van der Waals surface area contributed by atoms with Crippen molar-refractivity contribution in [2.45, 2.75) is 59.4 Å². The first-order chi connectivity index (χ1) is 5.58. The van der Waals surface area contributed by atoms with Crippen molar-refractivity contribution in [3.8, 4) is 0 Å². The van der Waals surface area contributed by atoms with Crippen LogP contribution in [0.5, 0.6) is 0 Å². The van der Waals surface area contributed by atoms with Gasteiger partial charge < -0.3 is 0 Å². The minimum Gasteiger partial charge on any atom is -0.298 e. The molecule has 0 spiro atoms. The quantitative estimate of drug-likeness (QED) is 0.592. The molecule has 12 heavy (non-hydrogen) atoms. The normalized spacial score (nSPS) is 12.5. The predicted molar refractivity (Wildman–Crippen MR) is 56.5 cm³/mol. The highest BCUT2D eigenvalue weighted by Crippen LogP contribution is 2.18. The van der Waals surface area contributed by atoms with Crippen molar-refractivity contribution >= 4 is 0 Å². The zero-order valence-electron chi connectivity index (χ0n) is 9.48. The Morgan fingerprint density at radius 1 is 0.917 bits per heavy atom. The summed E-state index contributed by atoms with van der Waals surface area (Å²) in [5, 5.41) is 0. The lowest BCUT2D eigenvalue weighted by molar-refractivity contribution is 0.116. The average molecular weight is 171 g/mol. The topological polar surface area (TPSA) is 3.24 Å². The second-order valence-electron chi connectivity index (χ2n) is 4.15. The zero-order chi connectivity index (χ0) is 9.61. The third kappa shape index (κ3) is 3.57. The van der Waals surface area contributed by atoms with Crippen molar-refractivity contribution in [2.24, 2.45) is 0 Å². The van der Waals surface area contributed by atoms with Crippen molar-refractivity contribution in [2.75, 3.05) is 13.1 Å². The van der Waals surface area contributed by atoms with Gasteiger partial charge in [0.25, 0.3) is 0 Å². The molecule has 0 aliphatic rings. The molecule has 0 aromatic carbocycles. The molecule has 0 heterocycles. The van der Waals surface area contributed by atoms with Gasteiger partial charge in [-0.2, -0.15) is 0 Å². The van der Waals surface area contributed by atoms with Crippen LogP contribution < -0.4 is 0 Å². The van der Waals surface area contributed by atoms with Crippen LogP contribution in [0.3, 0.4) is 0 Å². The van der Waals surface area contributed by atoms with Crippen molar-refractivity contribution in [1.29, 1.82) is 0 Å². The van der Waals surface area contributed by atoms with Crippen molar-refractivity contribution in [3.63, 3.8) is 0 Å².